The number of carbonyl (C=O) groups is 2. The fourth-order valence-electron chi connectivity index (χ4n) is 7.85. The van der Waals surface area contributed by atoms with Gasteiger partial charge in [-0.25, -0.2) is 4.57 Å². The lowest BCUT2D eigenvalue weighted by Crippen LogP contribution is -2.47. The molecule has 10 heteroatoms. The van der Waals surface area contributed by atoms with Gasteiger partial charge >= 0.3 is 13.8 Å². The molecule has 0 aromatic carbocycles. The third kappa shape index (κ3) is 56.6. The first kappa shape index (κ1) is 73.9. The van der Waals surface area contributed by atoms with Gasteiger partial charge < -0.3 is 19.4 Å². The summed E-state index contributed by atoms with van der Waals surface area (Å²) in [6.07, 6.45) is 81.4. The average Bonchev–Trinajstić information content (AvgIpc) is 3.40. The van der Waals surface area contributed by atoms with Gasteiger partial charge in [-0.3, -0.25) is 18.6 Å². The number of carbonyl (C=O) groups excluding carboxylic acids is 2. The van der Waals surface area contributed by atoms with Crippen molar-refractivity contribution in [1.29, 1.82) is 0 Å². The van der Waals surface area contributed by atoms with Crippen LogP contribution in [0.3, 0.4) is 0 Å². The maximum atomic E-state index is 13.5. The molecule has 1 amide bonds. The van der Waals surface area contributed by atoms with Crippen LogP contribution in [-0.4, -0.2) is 74.3 Å². The zero-order valence-corrected chi connectivity index (χ0v) is 51.2. The number of nitrogens with one attached hydrogen (secondary N) is 1. The molecular formula is C68H114N2O7P+. The second-order valence-corrected chi connectivity index (χ2v) is 22.6. The number of hydrogen-bond acceptors (Lipinski definition) is 6. The molecule has 0 heterocycles. The van der Waals surface area contributed by atoms with Crippen LogP contribution in [0.4, 0.5) is 0 Å². The number of quaternary nitrogens is 1. The molecule has 0 aromatic rings. The molecule has 0 radical (unpaired) electrons. The number of rotatable bonds is 53. The van der Waals surface area contributed by atoms with E-state index in [1.54, 1.807) is 0 Å². The number of esters is 1. The van der Waals surface area contributed by atoms with Crippen LogP contribution in [0.2, 0.25) is 0 Å². The highest BCUT2D eigenvalue weighted by molar-refractivity contribution is 7.47. The van der Waals surface area contributed by atoms with E-state index in [9.17, 15) is 19.0 Å². The highest BCUT2D eigenvalue weighted by Gasteiger charge is 2.30. The number of amides is 1. The van der Waals surface area contributed by atoms with E-state index in [1.807, 2.05) is 33.3 Å². The van der Waals surface area contributed by atoms with Gasteiger partial charge in [-0.15, -0.1) is 0 Å². The summed E-state index contributed by atoms with van der Waals surface area (Å²) >= 11 is 0. The number of phosphoric ester groups is 1. The fourth-order valence-corrected chi connectivity index (χ4v) is 8.59. The SMILES string of the molecule is CC/C=C\C/C=C\C/C=C\C/C=C\C/C=C\C/C=C\CCCCC(=O)OC(/C=C/CCCCCCCCCCCC)C(COP(=O)(O)OCC[N+](C)(C)C)NC(=O)CCCCC/C=C\C/C=C\C/C=C\C/C=C\C/C=C\CC. The monoisotopic (exact) mass is 1100 g/mol. The van der Waals surface area contributed by atoms with Gasteiger partial charge in [0.1, 0.15) is 19.3 Å². The van der Waals surface area contributed by atoms with Gasteiger partial charge in [0.25, 0.3) is 0 Å². The van der Waals surface area contributed by atoms with Crippen molar-refractivity contribution >= 4 is 19.7 Å². The van der Waals surface area contributed by atoms with Gasteiger partial charge in [-0.2, -0.15) is 0 Å². The summed E-state index contributed by atoms with van der Waals surface area (Å²) in [7, 11) is 1.42. The molecule has 0 saturated carbocycles. The Morgan fingerprint density at radius 1 is 0.462 bits per heavy atom. The summed E-state index contributed by atoms with van der Waals surface area (Å²) < 4.78 is 30.6. The molecule has 0 rings (SSSR count). The minimum absolute atomic E-state index is 0.0175. The molecule has 2 N–H and O–H groups in total. The lowest BCUT2D eigenvalue weighted by atomic mass is 10.1. The summed E-state index contributed by atoms with van der Waals surface area (Å²) in [6.45, 7) is 6.70. The lowest BCUT2D eigenvalue weighted by Gasteiger charge is -2.27. The van der Waals surface area contributed by atoms with Crippen molar-refractivity contribution in [2.24, 2.45) is 0 Å². The number of phosphoric acid groups is 1. The molecular weight excluding hydrogens is 988 g/mol. The third-order valence-corrected chi connectivity index (χ3v) is 13.5. The van der Waals surface area contributed by atoms with E-state index >= 15 is 0 Å². The molecule has 0 spiro atoms. The maximum Gasteiger partial charge on any atom is 0.472 e. The Labute approximate surface area is 478 Å². The smallest absolute Gasteiger partial charge is 0.456 e. The zero-order valence-electron chi connectivity index (χ0n) is 50.3. The quantitative estimate of drug-likeness (QED) is 0.0205. The van der Waals surface area contributed by atoms with E-state index in [-0.39, 0.29) is 37.9 Å². The number of ether oxygens (including phenoxy) is 1. The molecule has 0 aromatic heterocycles. The number of hydrogen-bond donors (Lipinski definition) is 2. The Morgan fingerprint density at radius 3 is 1.24 bits per heavy atom. The molecule has 0 fully saturated rings. The average molecular weight is 1100 g/mol. The van der Waals surface area contributed by atoms with Crippen LogP contribution in [0.5, 0.6) is 0 Å². The molecule has 442 valence electrons. The van der Waals surface area contributed by atoms with Gasteiger partial charge in [-0.1, -0.05) is 225 Å². The highest BCUT2D eigenvalue weighted by Crippen LogP contribution is 2.43. The van der Waals surface area contributed by atoms with Crippen LogP contribution in [-0.2, 0) is 27.9 Å². The molecule has 9 nitrogen and oxygen atoms in total. The first-order chi connectivity index (χ1) is 37.9. The first-order valence-electron chi connectivity index (χ1n) is 30.7. The Morgan fingerprint density at radius 2 is 0.821 bits per heavy atom. The normalized spacial score (nSPS) is 14.7. The number of nitrogens with zero attached hydrogens (tertiary/aromatic N) is 1. The van der Waals surface area contributed by atoms with E-state index in [2.05, 4.69) is 160 Å². The van der Waals surface area contributed by atoms with Gasteiger partial charge in [-0.05, 0) is 128 Å². The van der Waals surface area contributed by atoms with Gasteiger partial charge in [0.05, 0.1) is 33.8 Å². The van der Waals surface area contributed by atoms with E-state index < -0.39 is 20.0 Å². The molecule has 0 aliphatic rings. The maximum absolute atomic E-state index is 13.5. The van der Waals surface area contributed by atoms with Crippen molar-refractivity contribution in [3.05, 3.63) is 146 Å². The van der Waals surface area contributed by atoms with Gasteiger partial charge in [0.15, 0.2) is 0 Å². The zero-order chi connectivity index (χ0) is 57.2. The largest absolute Gasteiger partial charge is 0.472 e. The third-order valence-electron chi connectivity index (χ3n) is 12.5. The predicted octanol–water partition coefficient (Wildman–Crippen LogP) is 19.0. The standard InChI is InChI=1S/C68H113N2O7P/c1-7-10-13-16-19-22-25-28-30-32-34-35-37-39-41-43-46-49-52-55-58-61-68(72)77-66(59-56-53-50-47-44-27-24-21-18-15-12-9-3)65(64-76-78(73,74)75-63-62-70(4,5)6)69-67(71)60-57-54-51-48-45-42-40-38-36-33-31-29-26-23-20-17-14-11-8-2/h10-11,13-14,19-20,22-23,28-31,34-36,38-39,41-42,45-46,49,56,59,65-66H,7-9,12,15-18,21,24-27,32-33,37,40,43-44,47-48,50-55,57-58,60-64H2,1-6H3,(H-,69,71,73,74)/p+1/b13-10-,14-11-,22-19-,23-20-,30-28-,31-29-,35-34-,38-36-,41-39-,45-42-,49-46-,59-56+. The predicted molar refractivity (Wildman–Crippen MR) is 336 cm³/mol. The Kier molecular flexibility index (Phi) is 53.2. The number of likely N-dealkylation sites (N-methyl/N-ethyl adjacent to an activating group) is 1. The van der Waals surface area contributed by atoms with E-state index in [0.29, 0.717) is 23.9 Å². The second kappa shape index (κ2) is 56.2. The Bertz CT molecular complexity index is 1840. The minimum Gasteiger partial charge on any atom is -0.456 e. The van der Waals surface area contributed by atoms with Crippen molar-refractivity contribution in [2.45, 2.75) is 232 Å². The first-order valence-corrected chi connectivity index (χ1v) is 32.2. The number of allylic oxidation sites excluding steroid dienone is 23. The minimum atomic E-state index is -4.48. The molecule has 0 aliphatic carbocycles. The molecule has 3 atom stereocenters. The molecule has 0 bridgehead atoms. The van der Waals surface area contributed by atoms with Gasteiger partial charge in [0.2, 0.25) is 5.91 Å². The van der Waals surface area contributed by atoms with E-state index in [0.717, 1.165) is 122 Å². The highest BCUT2D eigenvalue weighted by atomic mass is 31.2. The topological polar surface area (TPSA) is 111 Å². The molecule has 0 saturated heterocycles. The van der Waals surface area contributed by atoms with Crippen LogP contribution >= 0.6 is 7.82 Å². The lowest BCUT2D eigenvalue weighted by molar-refractivity contribution is -0.870. The van der Waals surface area contributed by atoms with Crippen molar-refractivity contribution in [3.8, 4) is 0 Å². The van der Waals surface area contributed by atoms with Crippen molar-refractivity contribution in [1.82, 2.24) is 5.32 Å². The van der Waals surface area contributed by atoms with Crippen molar-refractivity contribution < 1.29 is 37.3 Å². The Hall–Kier alpha value is -4.11. The Balaban J connectivity index is 5.43. The van der Waals surface area contributed by atoms with Crippen LogP contribution in [0.15, 0.2) is 146 Å². The van der Waals surface area contributed by atoms with Crippen LogP contribution in [0.25, 0.3) is 0 Å². The van der Waals surface area contributed by atoms with Crippen LogP contribution in [0, 0.1) is 0 Å². The summed E-state index contributed by atoms with van der Waals surface area (Å²) in [5.41, 5.74) is 0. The summed E-state index contributed by atoms with van der Waals surface area (Å²) in [5, 5.41) is 3.02. The molecule has 3 unspecified atom stereocenters. The van der Waals surface area contributed by atoms with Crippen molar-refractivity contribution in [3.63, 3.8) is 0 Å². The summed E-state index contributed by atoms with van der Waals surface area (Å²) in [6, 6.07) is -0.895. The summed E-state index contributed by atoms with van der Waals surface area (Å²) in [5.74, 6) is -0.607. The van der Waals surface area contributed by atoms with Crippen LogP contribution < -0.4 is 5.32 Å². The summed E-state index contributed by atoms with van der Waals surface area (Å²) in [4.78, 5) is 37.7. The second-order valence-electron chi connectivity index (χ2n) is 21.1. The number of unbranched alkanes of at least 4 members (excludes halogenated alkanes) is 15. The fraction of sp³-hybridized carbons (Fsp3) is 0.618. The van der Waals surface area contributed by atoms with Gasteiger partial charge in [0, 0.05) is 12.8 Å². The van der Waals surface area contributed by atoms with Crippen LogP contribution in [0.1, 0.15) is 220 Å². The van der Waals surface area contributed by atoms with E-state index in [1.165, 1.54) is 51.4 Å². The molecule has 0 aliphatic heterocycles. The van der Waals surface area contributed by atoms with Crippen molar-refractivity contribution in [2.75, 3.05) is 40.9 Å². The van der Waals surface area contributed by atoms with E-state index in [4.69, 9.17) is 13.8 Å². The molecule has 78 heavy (non-hydrogen) atoms.